The molecule has 4 aromatic heterocycles. The van der Waals surface area contributed by atoms with Gasteiger partial charge in [-0.05, 0) is 18.1 Å². The summed E-state index contributed by atoms with van der Waals surface area (Å²) in [7, 11) is 1.94. The van der Waals surface area contributed by atoms with E-state index >= 15 is 0 Å². The molecule has 9 heteroatoms. The van der Waals surface area contributed by atoms with E-state index in [1.807, 2.05) is 48.1 Å². The minimum atomic E-state index is -0.153. The van der Waals surface area contributed by atoms with Gasteiger partial charge in [-0.3, -0.25) is 4.98 Å². The van der Waals surface area contributed by atoms with Crippen molar-refractivity contribution < 1.29 is 10.2 Å². The molecule has 6 rings (SSSR count). The van der Waals surface area contributed by atoms with E-state index in [0.29, 0.717) is 17.3 Å². The lowest BCUT2D eigenvalue weighted by molar-refractivity contribution is 0.238. The monoisotopic (exact) mass is 498 g/mol. The van der Waals surface area contributed by atoms with Crippen molar-refractivity contribution in [2.45, 2.75) is 13.0 Å². The van der Waals surface area contributed by atoms with Crippen LogP contribution in [0.25, 0.3) is 43.4 Å². The number of imidazole rings is 1. The first-order valence-corrected chi connectivity index (χ1v) is 12.8. The number of aromatic nitrogens is 5. The summed E-state index contributed by atoms with van der Waals surface area (Å²) in [5.41, 5.74) is 3.61. The van der Waals surface area contributed by atoms with Crippen molar-refractivity contribution in [2.24, 2.45) is 13.0 Å². The third-order valence-corrected chi connectivity index (χ3v) is 7.86. The zero-order valence-corrected chi connectivity index (χ0v) is 20.7. The lowest BCUT2D eigenvalue weighted by Gasteiger charge is -2.20. The van der Waals surface area contributed by atoms with E-state index in [1.54, 1.807) is 23.7 Å². The average Bonchev–Trinajstić information content (AvgIpc) is 3.66. The summed E-state index contributed by atoms with van der Waals surface area (Å²) in [5.74, 6) is 2.33. The number of aryl methyl sites for hydroxylation is 1. The number of hydrogen-bond acceptors (Lipinski definition) is 8. The molecule has 0 spiro atoms. The molecule has 1 aromatic carbocycles. The molecule has 0 radical (unpaired) electrons. The van der Waals surface area contributed by atoms with E-state index in [9.17, 15) is 10.2 Å². The Labute approximate surface area is 212 Å². The van der Waals surface area contributed by atoms with Crippen LogP contribution in [0.5, 0.6) is 0 Å². The van der Waals surface area contributed by atoms with Gasteiger partial charge in [0.05, 0.1) is 17.7 Å². The van der Waals surface area contributed by atoms with Crippen LogP contribution < -0.4 is 4.90 Å². The van der Waals surface area contributed by atoms with Crippen LogP contribution in [0.4, 0.5) is 5.82 Å². The van der Waals surface area contributed by atoms with Gasteiger partial charge in [-0.15, -0.1) is 11.3 Å². The second-order valence-electron chi connectivity index (χ2n) is 9.02. The summed E-state index contributed by atoms with van der Waals surface area (Å²) in [6, 6.07) is 14.1. The van der Waals surface area contributed by atoms with Crippen molar-refractivity contribution in [3.63, 3.8) is 0 Å². The molecule has 182 valence electrons. The summed E-state index contributed by atoms with van der Waals surface area (Å²) in [6.45, 7) is 1.55. The van der Waals surface area contributed by atoms with Gasteiger partial charge in [0.2, 0.25) is 0 Å². The number of benzene rings is 1. The lowest BCUT2D eigenvalue weighted by atomic mass is 9.99. The van der Waals surface area contributed by atoms with Crippen molar-refractivity contribution >= 4 is 27.4 Å². The predicted octanol–water partition coefficient (Wildman–Crippen LogP) is 4.13. The van der Waals surface area contributed by atoms with Crippen LogP contribution in [0.15, 0.2) is 61.1 Å². The molecule has 36 heavy (non-hydrogen) atoms. The topological polar surface area (TPSA) is 100 Å². The fourth-order valence-electron chi connectivity index (χ4n) is 4.91. The summed E-state index contributed by atoms with van der Waals surface area (Å²) in [5, 5.41) is 20.9. The number of hydrogen-bond donors (Lipinski definition) is 2. The van der Waals surface area contributed by atoms with Gasteiger partial charge in [0.25, 0.3) is 0 Å². The van der Waals surface area contributed by atoms with Gasteiger partial charge in [0.1, 0.15) is 10.6 Å². The molecule has 8 nitrogen and oxygen atoms in total. The average molecular weight is 499 g/mol. The van der Waals surface area contributed by atoms with Gasteiger partial charge < -0.3 is 19.7 Å². The summed E-state index contributed by atoms with van der Waals surface area (Å²) in [6.07, 6.45) is 6.25. The Balaban J connectivity index is 1.69. The molecule has 1 fully saturated rings. The predicted molar refractivity (Wildman–Crippen MR) is 142 cm³/mol. The molecule has 0 amide bonds. The van der Waals surface area contributed by atoms with Crippen molar-refractivity contribution in [1.82, 2.24) is 24.5 Å². The number of fused-ring (bicyclic) bond motifs is 1. The van der Waals surface area contributed by atoms with Crippen LogP contribution in [0.3, 0.4) is 0 Å². The highest BCUT2D eigenvalue weighted by Crippen LogP contribution is 2.48. The van der Waals surface area contributed by atoms with Gasteiger partial charge in [0.15, 0.2) is 11.6 Å². The quantitative estimate of drug-likeness (QED) is 0.363. The molecule has 0 saturated carbocycles. The van der Waals surface area contributed by atoms with Crippen molar-refractivity contribution in [1.29, 1.82) is 0 Å². The molecule has 0 bridgehead atoms. The number of anilines is 1. The smallest absolute Gasteiger partial charge is 0.199 e. The van der Waals surface area contributed by atoms with Crippen LogP contribution in [0, 0.1) is 5.92 Å². The third-order valence-electron chi connectivity index (χ3n) is 6.74. The van der Waals surface area contributed by atoms with E-state index < -0.39 is 0 Å². The molecule has 2 N–H and O–H groups in total. The summed E-state index contributed by atoms with van der Waals surface area (Å²) < 4.78 is 1.92. The lowest BCUT2D eigenvalue weighted by Crippen LogP contribution is -2.22. The van der Waals surface area contributed by atoms with Crippen molar-refractivity contribution in [3.8, 4) is 33.2 Å². The number of rotatable bonds is 6. The van der Waals surface area contributed by atoms with Gasteiger partial charge in [-0.2, -0.15) is 0 Å². The normalized spacial score (nSPS) is 15.8. The molecule has 1 saturated heterocycles. The second kappa shape index (κ2) is 9.42. The maximum atomic E-state index is 10.1. The van der Waals surface area contributed by atoms with Crippen LogP contribution >= 0.6 is 11.3 Å². The van der Waals surface area contributed by atoms with E-state index in [4.69, 9.17) is 9.97 Å². The Morgan fingerprint density at radius 3 is 2.61 bits per heavy atom. The van der Waals surface area contributed by atoms with E-state index in [1.165, 1.54) is 0 Å². The minimum absolute atomic E-state index is 0.153. The second-order valence-corrected chi connectivity index (χ2v) is 10.0. The Kier molecular flexibility index (Phi) is 5.96. The number of pyridine rings is 1. The first-order chi connectivity index (χ1) is 17.7. The molecule has 5 heterocycles. The number of aliphatic hydroxyl groups is 2. The molecule has 1 unspecified atom stereocenters. The zero-order valence-electron chi connectivity index (χ0n) is 19.9. The Bertz CT molecular complexity index is 1530. The van der Waals surface area contributed by atoms with Crippen LogP contribution in [0.1, 0.15) is 12.1 Å². The van der Waals surface area contributed by atoms with Gasteiger partial charge in [-0.25, -0.2) is 15.0 Å². The third kappa shape index (κ3) is 3.85. The van der Waals surface area contributed by atoms with Crippen LogP contribution in [-0.2, 0) is 13.7 Å². The van der Waals surface area contributed by atoms with Crippen molar-refractivity contribution in [2.75, 3.05) is 24.6 Å². The standard InChI is InChI=1S/C27H26N6O2S/c1-32-13-11-29-26(32)24-30-25(33-12-9-17(14-33)15-34)22-21(18-6-3-2-4-7-18)23(36-27(22)31-24)19-8-5-10-28-20(19)16-35/h2-8,10-11,13,17,34-35H,9,12,14-16H2,1H3. The molecule has 1 aliphatic rings. The highest BCUT2D eigenvalue weighted by atomic mass is 32.1. The van der Waals surface area contributed by atoms with Gasteiger partial charge in [-0.1, -0.05) is 36.4 Å². The minimum Gasteiger partial charge on any atom is -0.396 e. The largest absolute Gasteiger partial charge is 0.396 e. The SMILES string of the molecule is Cn1ccnc1-c1nc(N2CCC(CO)C2)c2c(-c3ccccc3)c(-c3cccnc3CO)sc2n1. The first-order valence-electron chi connectivity index (χ1n) is 12.0. The van der Waals surface area contributed by atoms with Gasteiger partial charge >= 0.3 is 0 Å². The molecule has 5 aromatic rings. The summed E-state index contributed by atoms with van der Waals surface area (Å²) >= 11 is 1.58. The van der Waals surface area contributed by atoms with Crippen molar-refractivity contribution in [3.05, 3.63) is 66.7 Å². The molecule has 1 atom stereocenters. The number of nitrogens with zero attached hydrogens (tertiary/aromatic N) is 6. The van der Waals surface area contributed by atoms with E-state index in [0.717, 1.165) is 57.1 Å². The Hall–Kier alpha value is -3.66. The van der Waals surface area contributed by atoms with E-state index in [2.05, 4.69) is 27.0 Å². The maximum Gasteiger partial charge on any atom is 0.199 e. The first kappa shape index (κ1) is 22.8. The Morgan fingerprint density at radius 1 is 1.03 bits per heavy atom. The summed E-state index contributed by atoms with van der Waals surface area (Å²) in [4.78, 5) is 23.1. The number of thiophene rings is 1. The van der Waals surface area contributed by atoms with Crippen LogP contribution in [0.2, 0.25) is 0 Å². The molecular formula is C27H26N6O2S. The van der Waals surface area contributed by atoms with Gasteiger partial charge in [0, 0.05) is 67.3 Å². The van der Waals surface area contributed by atoms with Crippen LogP contribution in [-0.4, -0.2) is 54.4 Å². The molecule has 0 aliphatic carbocycles. The molecule has 1 aliphatic heterocycles. The highest BCUT2D eigenvalue weighted by Gasteiger charge is 2.30. The number of aliphatic hydroxyl groups excluding tert-OH is 2. The van der Waals surface area contributed by atoms with E-state index in [-0.39, 0.29) is 19.1 Å². The fraction of sp³-hybridized carbons (Fsp3) is 0.259. The zero-order chi connectivity index (χ0) is 24.6. The fourth-order valence-corrected chi connectivity index (χ4v) is 6.15. The molecular weight excluding hydrogens is 472 g/mol. The maximum absolute atomic E-state index is 10.1. The highest BCUT2D eigenvalue weighted by molar-refractivity contribution is 7.22. The Morgan fingerprint density at radius 2 is 1.89 bits per heavy atom.